The Balaban J connectivity index is 2.31. The lowest BCUT2D eigenvalue weighted by Crippen LogP contribution is -2.39. The summed E-state index contributed by atoms with van der Waals surface area (Å²) < 4.78 is 12.0. The van der Waals surface area contributed by atoms with Gasteiger partial charge in [-0.3, -0.25) is 9.59 Å². The van der Waals surface area contributed by atoms with Crippen LogP contribution < -0.4 is 5.43 Å². The number of ketones is 1. The number of Topliss-reactive ketones (excluding diaryl/α,β-unsaturated/α-hetero) is 1. The molecule has 3 rings (SSSR count). The van der Waals surface area contributed by atoms with Crippen LogP contribution in [0.25, 0.3) is 11.3 Å². The zero-order valence-corrected chi connectivity index (χ0v) is 18.3. The molecule has 1 aliphatic carbocycles. The highest BCUT2D eigenvalue weighted by Gasteiger charge is 2.47. The Morgan fingerprint density at radius 3 is 2.21 bits per heavy atom. The van der Waals surface area contributed by atoms with Crippen LogP contribution in [0.5, 0.6) is 0 Å². The van der Waals surface area contributed by atoms with Crippen molar-refractivity contribution in [3.8, 4) is 11.3 Å². The highest BCUT2D eigenvalue weighted by atomic mass is 79.9. The molecule has 0 radical (unpaired) electrons. The number of halogens is 1. The van der Waals surface area contributed by atoms with E-state index in [9.17, 15) is 9.59 Å². The molecule has 1 heterocycles. The van der Waals surface area contributed by atoms with Crippen molar-refractivity contribution in [2.24, 2.45) is 0 Å². The molecule has 1 aliphatic rings. The Labute approximate surface area is 173 Å². The number of alkyl halides is 1. The molecule has 148 valence electrons. The molecule has 1 aromatic heterocycles. The maximum Gasteiger partial charge on any atom is 0.199 e. The maximum absolute atomic E-state index is 13.1. The van der Waals surface area contributed by atoms with Gasteiger partial charge in [-0.05, 0) is 24.8 Å². The zero-order valence-electron chi connectivity index (χ0n) is 16.7. The fourth-order valence-corrected chi connectivity index (χ4v) is 4.50. The lowest BCUT2D eigenvalue weighted by Gasteiger charge is -2.37. The minimum Gasteiger partial charge on any atom is -0.500 e. The summed E-state index contributed by atoms with van der Waals surface area (Å²) in [6.45, 7) is 5.98. The Hall–Kier alpha value is -2.14. The molecular formula is C23H25BrO4. The molecule has 2 aromatic rings. The summed E-state index contributed by atoms with van der Waals surface area (Å²) in [4.78, 5) is 26.1. The first-order valence-corrected chi connectivity index (χ1v) is 10.8. The molecular weight excluding hydrogens is 420 g/mol. The first kappa shape index (κ1) is 20.6. The molecule has 0 fully saturated rings. The van der Waals surface area contributed by atoms with Gasteiger partial charge in [-0.2, -0.15) is 0 Å². The van der Waals surface area contributed by atoms with E-state index >= 15 is 0 Å². The third kappa shape index (κ3) is 3.06. The maximum atomic E-state index is 13.1. The van der Waals surface area contributed by atoms with E-state index in [0.29, 0.717) is 42.1 Å². The molecule has 0 saturated heterocycles. The molecule has 0 spiro atoms. The van der Waals surface area contributed by atoms with Crippen molar-refractivity contribution in [3.05, 3.63) is 68.8 Å². The van der Waals surface area contributed by atoms with Crippen molar-refractivity contribution < 1.29 is 13.9 Å². The van der Waals surface area contributed by atoms with Gasteiger partial charge in [-0.1, -0.05) is 61.0 Å². The summed E-state index contributed by atoms with van der Waals surface area (Å²) >= 11 is 3.44. The fourth-order valence-electron chi connectivity index (χ4n) is 4.12. The van der Waals surface area contributed by atoms with Gasteiger partial charge in [0.1, 0.15) is 22.8 Å². The van der Waals surface area contributed by atoms with Crippen molar-refractivity contribution in [2.45, 2.75) is 50.8 Å². The molecule has 0 saturated carbocycles. The van der Waals surface area contributed by atoms with Crippen LogP contribution in [0.3, 0.4) is 0 Å². The highest BCUT2D eigenvalue weighted by Crippen LogP contribution is 2.47. The van der Waals surface area contributed by atoms with E-state index in [0.717, 1.165) is 16.5 Å². The zero-order chi connectivity index (χ0) is 20.5. The number of ether oxygens (including phenoxy) is 1. The van der Waals surface area contributed by atoms with Gasteiger partial charge in [0, 0.05) is 22.5 Å². The van der Waals surface area contributed by atoms with E-state index in [1.54, 1.807) is 7.11 Å². The van der Waals surface area contributed by atoms with E-state index in [2.05, 4.69) is 15.9 Å². The molecule has 0 bridgehead atoms. The largest absolute Gasteiger partial charge is 0.500 e. The molecule has 0 N–H and O–H groups in total. The van der Waals surface area contributed by atoms with Gasteiger partial charge in [-0.15, -0.1) is 0 Å². The third-order valence-corrected chi connectivity index (χ3v) is 6.40. The van der Waals surface area contributed by atoms with Crippen LogP contribution in [0.2, 0.25) is 0 Å². The number of fused-ring (bicyclic) bond motifs is 1. The van der Waals surface area contributed by atoms with Crippen molar-refractivity contribution in [1.29, 1.82) is 0 Å². The summed E-state index contributed by atoms with van der Waals surface area (Å²) in [5, 5.41) is 0.756. The number of allylic oxidation sites excluding steroid dienone is 2. The number of rotatable bonds is 6. The first-order valence-electron chi connectivity index (χ1n) is 9.63. The predicted molar refractivity (Wildman–Crippen MR) is 114 cm³/mol. The number of carbonyl (C=O) groups excluding carboxylic acids is 1. The van der Waals surface area contributed by atoms with Crippen LogP contribution >= 0.6 is 15.9 Å². The predicted octanol–water partition coefficient (Wildman–Crippen LogP) is 5.77. The van der Waals surface area contributed by atoms with Gasteiger partial charge in [0.25, 0.3) is 0 Å². The van der Waals surface area contributed by atoms with Crippen LogP contribution in [0.4, 0.5) is 0 Å². The summed E-state index contributed by atoms with van der Waals surface area (Å²) in [6, 6.07) is 9.25. The van der Waals surface area contributed by atoms with Crippen LogP contribution in [0.15, 0.2) is 50.9 Å². The van der Waals surface area contributed by atoms with Gasteiger partial charge < -0.3 is 9.15 Å². The van der Waals surface area contributed by atoms with Gasteiger partial charge in [0.2, 0.25) is 0 Å². The SMILES string of the molecule is CCC1=C(OC)C(CC)(CC)c2oc(-c3ccc(CBr)cc3)cc(=O)c2C1=O. The van der Waals surface area contributed by atoms with Gasteiger partial charge in [0.05, 0.1) is 12.5 Å². The number of hydrogen-bond donors (Lipinski definition) is 0. The average Bonchev–Trinajstić information content (AvgIpc) is 2.73. The van der Waals surface area contributed by atoms with Crippen LogP contribution in [-0.4, -0.2) is 12.9 Å². The molecule has 0 aliphatic heterocycles. The third-order valence-electron chi connectivity index (χ3n) is 5.75. The summed E-state index contributed by atoms with van der Waals surface area (Å²) in [5.41, 5.74) is 1.75. The van der Waals surface area contributed by atoms with E-state index in [-0.39, 0.29) is 16.8 Å². The monoisotopic (exact) mass is 444 g/mol. The fraction of sp³-hybridized carbons (Fsp3) is 0.391. The van der Waals surface area contributed by atoms with E-state index < -0.39 is 5.41 Å². The molecule has 28 heavy (non-hydrogen) atoms. The van der Waals surface area contributed by atoms with E-state index in [1.165, 1.54) is 6.07 Å². The molecule has 0 amide bonds. The minimum atomic E-state index is -0.617. The normalized spacial score (nSPS) is 15.5. The first-order chi connectivity index (χ1) is 13.5. The van der Waals surface area contributed by atoms with E-state index in [1.807, 2.05) is 45.0 Å². The van der Waals surface area contributed by atoms with Gasteiger partial charge in [0.15, 0.2) is 11.2 Å². The second-order valence-corrected chi connectivity index (χ2v) is 7.55. The second-order valence-electron chi connectivity index (χ2n) is 6.99. The number of methoxy groups -OCH3 is 1. The smallest absolute Gasteiger partial charge is 0.199 e. The topological polar surface area (TPSA) is 56.5 Å². The Morgan fingerprint density at radius 2 is 1.71 bits per heavy atom. The Kier molecular flexibility index (Phi) is 5.94. The van der Waals surface area contributed by atoms with Crippen LogP contribution in [0, 0.1) is 0 Å². The van der Waals surface area contributed by atoms with Gasteiger partial charge in [-0.25, -0.2) is 0 Å². The number of benzene rings is 1. The molecule has 0 unspecified atom stereocenters. The van der Waals surface area contributed by atoms with Crippen molar-refractivity contribution >= 4 is 21.7 Å². The Morgan fingerprint density at radius 1 is 1.07 bits per heavy atom. The molecule has 4 nitrogen and oxygen atoms in total. The summed E-state index contributed by atoms with van der Waals surface area (Å²) in [6.07, 6.45) is 1.86. The lowest BCUT2D eigenvalue weighted by molar-refractivity contribution is 0.0975. The van der Waals surface area contributed by atoms with Crippen LogP contribution in [-0.2, 0) is 15.5 Å². The second kappa shape index (κ2) is 8.08. The summed E-state index contributed by atoms with van der Waals surface area (Å²) in [7, 11) is 1.59. The quantitative estimate of drug-likeness (QED) is 0.530. The standard InChI is InChI=1S/C23H25BrO4/c1-5-16-20(26)19-17(25)12-18(15-10-8-14(13-24)9-11-15)28-22(19)23(6-2,7-3)21(16)27-4/h8-12H,5-7,13H2,1-4H3. The highest BCUT2D eigenvalue weighted by molar-refractivity contribution is 9.08. The van der Waals surface area contributed by atoms with E-state index in [4.69, 9.17) is 9.15 Å². The Bertz CT molecular complexity index is 979. The van der Waals surface area contributed by atoms with Crippen molar-refractivity contribution in [1.82, 2.24) is 0 Å². The van der Waals surface area contributed by atoms with Crippen LogP contribution in [0.1, 0.15) is 61.7 Å². The molecule has 1 aromatic carbocycles. The number of hydrogen-bond acceptors (Lipinski definition) is 4. The van der Waals surface area contributed by atoms with Gasteiger partial charge >= 0.3 is 0 Å². The summed E-state index contributed by atoms with van der Waals surface area (Å²) in [5.74, 6) is 1.26. The minimum absolute atomic E-state index is 0.155. The molecule has 5 heteroatoms. The van der Waals surface area contributed by atoms with Crippen molar-refractivity contribution in [2.75, 3.05) is 7.11 Å². The lowest BCUT2D eigenvalue weighted by atomic mass is 9.69. The van der Waals surface area contributed by atoms with Crippen molar-refractivity contribution in [3.63, 3.8) is 0 Å². The molecule has 0 atom stereocenters. The number of carbonyl (C=O) groups is 1. The average molecular weight is 445 g/mol.